The largest absolute Gasteiger partial charge is 0.316 e. The summed E-state index contributed by atoms with van der Waals surface area (Å²) >= 11 is 9.55. The first-order valence-electron chi connectivity index (χ1n) is 5.74. The van der Waals surface area contributed by atoms with Gasteiger partial charge in [0.15, 0.2) is 0 Å². The van der Waals surface area contributed by atoms with Crippen molar-refractivity contribution < 1.29 is 0 Å². The van der Waals surface area contributed by atoms with Crippen LogP contribution in [0.2, 0.25) is 5.02 Å². The molecular formula is C13H19BrClN. The lowest BCUT2D eigenvalue weighted by atomic mass is 10.1. The summed E-state index contributed by atoms with van der Waals surface area (Å²) in [6, 6.07) is 6.09. The highest BCUT2D eigenvalue weighted by Gasteiger charge is 2.00. The van der Waals surface area contributed by atoms with Crippen LogP contribution < -0.4 is 5.32 Å². The Balaban J connectivity index is 2.27. The predicted molar refractivity (Wildman–Crippen MR) is 75.2 cm³/mol. The van der Waals surface area contributed by atoms with Crippen molar-refractivity contribution in [2.75, 3.05) is 13.1 Å². The zero-order chi connectivity index (χ0) is 12.0. The van der Waals surface area contributed by atoms with E-state index in [9.17, 15) is 0 Å². The van der Waals surface area contributed by atoms with Gasteiger partial charge in [0.25, 0.3) is 0 Å². The Labute approximate surface area is 112 Å². The highest BCUT2D eigenvalue weighted by atomic mass is 79.9. The van der Waals surface area contributed by atoms with Gasteiger partial charge in [0.2, 0.25) is 0 Å². The van der Waals surface area contributed by atoms with E-state index in [-0.39, 0.29) is 0 Å². The van der Waals surface area contributed by atoms with Gasteiger partial charge in [-0.05, 0) is 49.5 Å². The summed E-state index contributed by atoms with van der Waals surface area (Å²) < 4.78 is 1.04. The van der Waals surface area contributed by atoms with E-state index >= 15 is 0 Å². The van der Waals surface area contributed by atoms with Crippen LogP contribution in [0.4, 0.5) is 0 Å². The molecule has 16 heavy (non-hydrogen) atoms. The number of nitrogens with one attached hydrogen (secondary N) is 1. The summed E-state index contributed by atoms with van der Waals surface area (Å²) in [4.78, 5) is 0. The highest BCUT2D eigenvalue weighted by molar-refractivity contribution is 9.10. The molecular weight excluding hydrogens is 286 g/mol. The van der Waals surface area contributed by atoms with E-state index in [4.69, 9.17) is 11.6 Å². The Morgan fingerprint density at radius 2 is 2.12 bits per heavy atom. The molecule has 0 bridgehead atoms. The van der Waals surface area contributed by atoms with Crippen LogP contribution in [-0.4, -0.2) is 13.1 Å². The van der Waals surface area contributed by atoms with Gasteiger partial charge in [-0.1, -0.05) is 47.4 Å². The third kappa shape index (κ3) is 5.33. The standard InChI is InChI=1S/C13H19BrClN/c1-10(2)9-16-7-3-4-11-5-6-12(14)8-13(11)15/h5-6,8,10,16H,3-4,7,9H2,1-2H3. The maximum absolute atomic E-state index is 6.14. The molecule has 0 spiro atoms. The van der Waals surface area contributed by atoms with Gasteiger partial charge < -0.3 is 5.32 Å². The number of hydrogen-bond acceptors (Lipinski definition) is 1. The van der Waals surface area contributed by atoms with Crippen molar-refractivity contribution in [1.29, 1.82) is 0 Å². The molecule has 90 valence electrons. The quantitative estimate of drug-likeness (QED) is 0.774. The van der Waals surface area contributed by atoms with E-state index in [0.29, 0.717) is 0 Å². The number of rotatable bonds is 6. The van der Waals surface area contributed by atoms with E-state index in [1.54, 1.807) is 0 Å². The van der Waals surface area contributed by atoms with Crippen molar-refractivity contribution in [2.45, 2.75) is 26.7 Å². The second-order valence-electron chi connectivity index (χ2n) is 4.44. The van der Waals surface area contributed by atoms with Gasteiger partial charge >= 0.3 is 0 Å². The summed E-state index contributed by atoms with van der Waals surface area (Å²) in [5.74, 6) is 0.719. The first kappa shape index (κ1) is 14.0. The van der Waals surface area contributed by atoms with E-state index in [0.717, 1.165) is 41.3 Å². The molecule has 0 aliphatic rings. The van der Waals surface area contributed by atoms with Crippen LogP contribution in [0.5, 0.6) is 0 Å². The maximum Gasteiger partial charge on any atom is 0.0449 e. The highest BCUT2D eigenvalue weighted by Crippen LogP contribution is 2.22. The van der Waals surface area contributed by atoms with Crippen molar-refractivity contribution in [2.24, 2.45) is 5.92 Å². The van der Waals surface area contributed by atoms with Crippen molar-refractivity contribution in [3.63, 3.8) is 0 Å². The third-order valence-electron chi connectivity index (χ3n) is 2.37. The lowest BCUT2D eigenvalue weighted by Crippen LogP contribution is -2.21. The van der Waals surface area contributed by atoms with Crippen molar-refractivity contribution in [3.05, 3.63) is 33.3 Å². The average molecular weight is 305 g/mol. The monoisotopic (exact) mass is 303 g/mol. The Hall–Kier alpha value is -0.0500. The summed E-state index contributed by atoms with van der Waals surface area (Å²) in [6.07, 6.45) is 2.17. The SMILES string of the molecule is CC(C)CNCCCc1ccc(Br)cc1Cl. The van der Waals surface area contributed by atoms with Crippen molar-refractivity contribution >= 4 is 27.5 Å². The Kier molecular flexibility index (Phi) is 6.40. The molecule has 3 heteroatoms. The lowest BCUT2D eigenvalue weighted by Gasteiger charge is -2.08. The van der Waals surface area contributed by atoms with Gasteiger partial charge in [0.1, 0.15) is 0 Å². The Bertz CT molecular complexity index is 326. The molecule has 0 atom stereocenters. The molecule has 0 aromatic heterocycles. The summed E-state index contributed by atoms with van der Waals surface area (Å²) in [5, 5.41) is 4.29. The van der Waals surface area contributed by atoms with E-state index in [1.165, 1.54) is 5.56 Å². The van der Waals surface area contributed by atoms with Gasteiger partial charge in [-0.25, -0.2) is 0 Å². The van der Waals surface area contributed by atoms with Crippen molar-refractivity contribution in [3.8, 4) is 0 Å². The molecule has 0 radical (unpaired) electrons. The molecule has 0 aliphatic heterocycles. The molecule has 0 heterocycles. The Morgan fingerprint density at radius 3 is 2.75 bits per heavy atom. The number of benzene rings is 1. The first-order chi connectivity index (χ1) is 7.59. The molecule has 1 aromatic carbocycles. The minimum absolute atomic E-state index is 0.719. The topological polar surface area (TPSA) is 12.0 Å². The van der Waals surface area contributed by atoms with Crippen LogP contribution in [-0.2, 0) is 6.42 Å². The van der Waals surface area contributed by atoms with Gasteiger partial charge in [-0.2, -0.15) is 0 Å². The fraction of sp³-hybridized carbons (Fsp3) is 0.538. The van der Waals surface area contributed by atoms with Gasteiger partial charge in [-0.3, -0.25) is 0 Å². The molecule has 1 rings (SSSR count). The van der Waals surface area contributed by atoms with Crippen LogP contribution in [0, 0.1) is 5.92 Å². The lowest BCUT2D eigenvalue weighted by molar-refractivity contribution is 0.543. The fourth-order valence-corrected chi connectivity index (χ4v) is 2.29. The minimum Gasteiger partial charge on any atom is -0.316 e. The van der Waals surface area contributed by atoms with E-state index in [2.05, 4.69) is 41.2 Å². The van der Waals surface area contributed by atoms with Crippen LogP contribution in [0.3, 0.4) is 0 Å². The zero-order valence-corrected chi connectivity index (χ0v) is 12.2. The second kappa shape index (κ2) is 7.31. The third-order valence-corrected chi connectivity index (χ3v) is 3.21. The van der Waals surface area contributed by atoms with E-state index < -0.39 is 0 Å². The second-order valence-corrected chi connectivity index (χ2v) is 5.76. The molecule has 1 aromatic rings. The number of hydrogen-bond donors (Lipinski definition) is 1. The zero-order valence-electron chi connectivity index (χ0n) is 9.89. The van der Waals surface area contributed by atoms with Gasteiger partial charge in [-0.15, -0.1) is 0 Å². The molecule has 0 saturated heterocycles. The van der Waals surface area contributed by atoms with Crippen molar-refractivity contribution in [1.82, 2.24) is 5.32 Å². The average Bonchev–Trinajstić information content (AvgIpc) is 2.20. The van der Waals surface area contributed by atoms with Crippen LogP contribution in [0.25, 0.3) is 0 Å². The van der Waals surface area contributed by atoms with Crippen LogP contribution in [0.15, 0.2) is 22.7 Å². The predicted octanol–water partition coefficient (Wildman–Crippen LogP) is 4.28. The smallest absolute Gasteiger partial charge is 0.0449 e. The van der Waals surface area contributed by atoms with Crippen LogP contribution >= 0.6 is 27.5 Å². The molecule has 0 saturated carbocycles. The molecule has 0 aliphatic carbocycles. The van der Waals surface area contributed by atoms with Gasteiger partial charge in [0.05, 0.1) is 0 Å². The van der Waals surface area contributed by atoms with Gasteiger partial charge in [0, 0.05) is 9.50 Å². The first-order valence-corrected chi connectivity index (χ1v) is 6.91. The summed E-state index contributed by atoms with van der Waals surface area (Å²) in [7, 11) is 0. The normalized spacial score (nSPS) is 11.1. The molecule has 0 fully saturated rings. The number of halogens is 2. The minimum atomic E-state index is 0.719. The summed E-state index contributed by atoms with van der Waals surface area (Å²) in [6.45, 7) is 6.59. The number of aryl methyl sites for hydroxylation is 1. The van der Waals surface area contributed by atoms with Crippen LogP contribution in [0.1, 0.15) is 25.8 Å². The molecule has 0 unspecified atom stereocenters. The Morgan fingerprint density at radius 1 is 1.38 bits per heavy atom. The molecule has 0 amide bonds. The molecule has 1 nitrogen and oxygen atoms in total. The molecule has 1 N–H and O–H groups in total. The summed E-state index contributed by atoms with van der Waals surface area (Å²) in [5.41, 5.74) is 1.23. The van der Waals surface area contributed by atoms with E-state index in [1.807, 2.05) is 12.1 Å². The maximum atomic E-state index is 6.14. The fourth-order valence-electron chi connectivity index (χ4n) is 1.52.